The summed E-state index contributed by atoms with van der Waals surface area (Å²) in [5.41, 5.74) is 0. The Morgan fingerprint density at radius 2 is 1.19 bits per heavy atom. The maximum absolute atomic E-state index is 12.3. The van der Waals surface area contributed by atoms with Gasteiger partial charge in [0.2, 0.25) is 0 Å². The fourth-order valence-corrected chi connectivity index (χ4v) is 5.51. The molecule has 3 nitrogen and oxygen atoms in total. The molecule has 0 amide bonds. The van der Waals surface area contributed by atoms with Crippen molar-refractivity contribution in [2.45, 2.75) is 90.6 Å². The van der Waals surface area contributed by atoms with E-state index in [1.54, 1.807) is 0 Å². The molecule has 0 aliphatic heterocycles. The number of esters is 1. The van der Waals surface area contributed by atoms with Crippen LogP contribution >= 0.6 is 21.6 Å². The van der Waals surface area contributed by atoms with Crippen LogP contribution in [0.2, 0.25) is 0 Å². The molecule has 5 heteroatoms. The smallest absolute Gasteiger partial charge is 0.306 e. The number of hydrogen-bond acceptors (Lipinski definition) is 5. The van der Waals surface area contributed by atoms with E-state index in [1.807, 2.05) is 35.7 Å². The van der Waals surface area contributed by atoms with Crippen molar-refractivity contribution in [2.75, 3.05) is 32.1 Å². The van der Waals surface area contributed by atoms with Gasteiger partial charge >= 0.3 is 5.97 Å². The number of likely N-dealkylation sites (N-methyl/N-ethyl adjacent to an activating group) is 1. The molecule has 0 bridgehead atoms. The van der Waals surface area contributed by atoms with E-state index in [4.69, 9.17) is 4.74 Å². The first-order valence-electron chi connectivity index (χ1n) is 14.1. The van der Waals surface area contributed by atoms with Crippen molar-refractivity contribution >= 4 is 27.6 Å². The van der Waals surface area contributed by atoms with Gasteiger partial charge in [-0.2, -0.15) is 0 Å². The number of rotatable bonds is 24. The summed E-state index contributed by atoms with van der Waals surface area (Å²) in [5.74, 6) is 1.88. The van der Waals surface area contributed by atoms with Gasteiger partial charge in [0.05, 0.1) is 0 Å². The van der Waals surface area contributed by atoms with Gasteiger partial charge in [0.15, 0.2) is 0 Å². The molecule has 0 heterocycles. The summed E-state index contributed by atoms with van der Waals surface area (Å²) in [6.45, 7) is 5.08. The summed E-state index contributed by atoms with van der Waals surface area (Å²) in [4.78, 5) is 14.4. The fourth-order valence-electron chi connectivity index (χ4n) is 3.24. The Balaban J connectivity index is 3.92. The first-order chi connectivity index (χ1) is 18.1. The van der Waals surface area contributed by atoms with Gasteiger partial charge in [-0.05, 0) is 78.3 Å². The third-order valence-electron chi connectivity index (χ3n) is 5.11. The molecule has 0 aromatic rings. The summed E-state index contributed by atoms with van der Waals surface area (Å²) in [6, 6.07) is 0. The zero-order valence-electron chi connectivity index (χ0n) is 24.0. The van der Waals surface area contributed by atoms with Gasteiger partial charge in [0.25, 0.3) is 0 Å². The molecule has 0 aliphatic carbocycles. The Morgan fingerprint density at radius 1 is 0.703 bits per heavy atom. The quantitative estimate of drug-likeness (QED) is 0.0519. The van der Waals surface area contributed by atoms with Gasteiger partial charge < -0.3 is 9.64 Å². The lowest BCUT2D eigenvalue weighted by Gasteiger charge is -2.21. The van der Waals surface area contributed by atoms with Crippen LogP contribution in [0.25, 0.3) is 0 Å². The molecule has 0 fully saturated rings. The predicted molar refractivity (Wildman–Crippen MR) is 170 cm³/mol. The Labute approximate surface area is 237 Å². The van der Waals surface area contributed by atoms with Crippen molar-refractivity contribution in [3.8, 4) is 0 Å². The van der Waals surface area contributed by atoms with E-state index in [0.717, 1.165) is 75.8 Å². The van der Waals surface area contributed by atoms with Gasteiger partial charge in [-0.25, -0.2) is 0 Å². The minimum Gasteiger partial charge on any atom is -0.460 e. The number of carbonyl (C=O) groups is 1. The number of hydrogen-bond donors (Lipinski definition) is 0. The summed E-state index contributed by atoms with van der Waals surface area (Å²) < 4.78 is 5.79. The van der Waals surface area contributed by atoms with Crippen LogP contribution in [0.5, 0.6) is 0 Å². The standard InChI is InChI=1S/C32H53NO2S2/c1-5-7-9-11-13-15-17-19-21-23-25-27-32(34)35-31(29-33(3)4)30-37-36-28-26-24-22-20-18-16-14-12-10-8-6-2/h7-10,13-16,19-22,31H,5-6,11-12,17-18,23-30H2,1-4H3/b9-7-,10-8-,15-13-,16-14-,21-19-,22-20-. The highest BCUT2D eigenvalue weighted by molar-refractivity contribution is 8.76. The SMILES string of the molecule is CC/C=C\C/C=C\C/C=C\CCCSSCC(CN(C)C)OC(=O)CCC/C=C\C/C=C\C/C=C\CC. The molecular formula is C32H53NO2S2. The van der Waals surface area contributed by atoms with Gasteiger partial charge in [-0.15, -0.1) is 0 Å². The Hall–Kier alpha value is -1.43. The minimum absolute atomic E-state index is 0.0544. The van der Waals surface area contributed by atoms with Crippen LogP contribution in [-0.4, -0.2) is 49.1 Å². The zero-order valence-corrected chi connectivity index (χ0v) is 25.6. The minimum atomic E-state index is -0.0750. The molecule has 210 valence electrons. The molecule has 0 radical (unpaired) electrons. The van der Waals surface area contributed by atoms with E-state index < -0.39 is 0 Å². The van der Waals surface area contributed by atoms with Gasteiger partial charge in [0, 0.05) is 24.5 Å². The molecule has 0 saturated heterocycles. The second kappa shape index (κ2) is 29.1. The summed E-state index contributed by atoms with van der Waals surface area (Å²) in [5, 5.41) is 0. The highest BCUT2D eigenvalue weighted by Gasteiger charge is 2.15. The second-order valence-corrected chi connectivity index (χ2v) is 11.7. The normalized spacial score (nSPS) is 13.6. The van der Waals surface area contributed by atoms with Crippen molar-refractivity contribution in [1.82, 2.24) is 4.90 Å². The lowest BCUT2D eigenvalue weighted by Crippen LogP contribution is -2.32. The summed E-state index contributed by atoms with van der Waals surface area (Å²) >= 11 is 0. The first kappa shape index (κ1) is 35.6. The van der Waals surface area contributed by atoms with Crippen LogP contribution in [0.3, 0.4) is 0 Å². The molecule has 1 atom stereocenters. The lowest BCUT2D eigenvalue weighted by atomic mass is 10.2. The maximum atomic E-state index is 12.3. The first-order valence-corrected chi connectivity index (χ1v) is 16.6. The van der Waals surface area contributed by atoms with Crippen molar-refractivity contribution < 1.29 is 9.53 Å². The van der Waals surface area contributed by atoms with E-state index in [1.165, 1.54) is 6.42 Å². The number of unbranched alkanes of at least 4 members (excludes halogenated alkanes) is 2. The van der Waals surface area contributed by atoms with E-state index in [-0.39, 0.29) is 12.1 Å². The van der Waals surface area contributed by atoms with Crippen LogP contribution in [-0.2, 0) is 9.53 Å². The monoisotopic (exact) mass is 547 g/mol. The van der Waals surface area contributed by atoms with E-state index in [9.17, 15) is 4.79 Å². The van der Waals surface area contributed by atoms with Gasteiger partial charge in [0.1, 0.15) is 6.10 Å². The van der Waals surface area contributed by atoms with Crippen molar-refractivity contribution in [3.05, 3.63) is 72.9 Å². The van der Waals surface area contributed by atoms with Crippen LogP contribution in [0.4, 0.5) is 0 Å². The number of carbonyl (C=O) groups excluding carboxylic acids is 1. The van der Waals surface area contributed by atoms with Crippen LogP contribution < -0.4 is 0 Å². The average Bonchev–Trinajstić information content (AvgIpc) is 2.87. The van der Waals surface area contributed by atoms with Crippen molar-refractivity contribution in [3.63, 3.8) is 0 Å². The van der Waals surface area contributed by atoms with E-state index in [2.05, 4.69) is 91.7 Å². The molecule has 0 aromatic carbocycles. The molecular weight excluding hydrogens is 494 g/mol. The van der Waals surface area contributed by atoms with E-state index in [0.29, 0.717) is 6.42 Å². The van der Waals surface area contributed by atoms with Crippen LogP contribution in [0.15, 0.2) is 72.9 Å². The molecule has 0 aromatic heterocycles. The average molecular weight is 548 g/mol. The van der Waals surface area contributed by atoms with Gasteiger partial charge in [-0.1, -0.05) is 108 Å². The number of nitrogens with zero attached hydrogens (tertiary/aromatic N) is 1. The largest absolute Gasteiger partial charge is 0.460 e. The van der Waals surface area contributed by atoms with Gasteiger partial charge in [-0.3, -0.25) is 4.79 Å². The molecule has 0 saturated carbocycles. The number of ether oxygens (including phenoxy) is 1. The molecule has 0 aliphatic rings. The Bertz CT molecular complexity index is 693. The highest BCUT2D eigenvalue weighted by Crippen LogP contribution is 2.24. The molecule has 37 heavy (non-hydrogen) atoms. The summed E-state index contributed by atoms with van der Waals surface area (Å²) in [7, 11) is 7.76. The fraction of sp³-hybridized carbons (Fsp3) is 0.594. The predicted octanol–water partition coefficient (Wildman–Crippen LogP) is 9.51. The molecule has 0 spiro atoms. The van der Waals surface area contributed by atoms with Crippen molar-refractivity contribution in [1.29, 1.82) is 0 Å². The van der Waals surface area contributed by atoms with Crippen LogP contribution in [0.1, 0.15) is 84.5 Å². The Morgan fingerprint density at radius 3 is 1.70 bits per heavy atom. The van der Waals surface area contributed by atoms with E-state index >= 15 is 0 Å². The maximum Gasteiger partial charge on any atom is 0.306 e. The third-order valence-corrected chi connectivity index (χ3v) is 7.65. The lowest BCUT2D eigenvalue weighted by molar-refractivity contribution is -0.148. The molecule has 0 N–H and O–H groups in total. The Kier molecular flexibility index (Phi) is 28.0. The molecule has 1 unspecified atom stereocenters. The number of allylic oxidation sites excluding steroid dienone is 12. The molecule has 0 rings (SSSR count). The summed E-state index contributed by atoms with van der Waals surface area (Å²) in [6.07, 6.45) is 37.2. The zero-order chi connectivity index (χ0) is 27.2. The highest BCUT2D eigenvalue weighted by atomic mass is 33.1. The second-order valence-electron chi connectivity index (χ2n) is 9.10. The third kappa shape index (κ3) is 29.0. The van der Waals surface area contributed by atoms with Crippen molar-refractivity contribution in [2.24, 2.45) is 0 Å². The van der Waals surface area contributed by atoms with Crippen LogP contribution in [0, 0.1) is 0 Å². The topological polar surface area (TPSA) is 29.5 Å².